The molecule has 0 atom stereocenters. The molecule has 2 N–H and O–H groups in total. The zero-order chi connectivity index (χ0) is 17.7. The Morgan fingerprint density at radius 1 is 0.960 bits per heavy atom. The number of nitrogens with zero attached hydrogens (tertiary/aromatic N) is 3. The Labute approximate surface area is 147 Å². The Kier molecular flexibility index (Phi) is 3.49. The molecule has 0 saturated carbocycles. The van der Waals surface area contributed by atoms with Crippen molar-refractivity contribution in [2.75, 3.05) is 5.73 Å². The number of aryl methyl sites for hydroxylation is 1. The van der Waals surface area contributed by atoms with Crippen LogP contribution < -0.4 is 5.73 Å². The zero-order valence-electron chi connectivity index (χ0n) is 15.0. The van der Waals surface area contributed by atoms with E-state index in [0.717, 1.165) is 16.6 Å². The standard InChI is InChI=1S/C21H22N4/c1-12(2)25-14(4)18(19-20(22)23-11-24-21(19)25)17-10-9-13(3)15-7-5-6-8-16(15)17/h5-12H,1-4H3,(H2,22,23,24). The fourth-order valence-corrected chi connectivity index (χ4v) is 3.90. The number of nitrogens with two attached hydrogens (primary N) is 1. The van der Waals surface area contributed by atoms with Crippen molar-refractivity contribution in [2.45, 2.75) is 33.7 Å². The minimum Gasteiger partial charge on any atom is -0.383 e. The Hall–Kier alpha value is -2.88. The molecule has 0 aliphatic carbocycles. The Morgan fingerprint density at radius 2 is 1.68 bits per heavy atom. The fraction of sp³-hybridized carbons (Fsp3) is 0.238. The van der Waals surface area contributed by atoms with Gasteiger partial charge in [-0.15, -0.1) is 0 Å². The van der Waals surface area contributed by atoms with Gasteiger partial charge in [0.1, 0.15) is 17.8 Å². The zero-order valence-corrected chi connectivity index (χ0v) is 15.0. The third kappa shape index (κ3) is 2.21. The second kappa shape index (κ2) is 5.59. The van der Waals surface area contributed by atoms with Gasteiger partial charge in [0.15, 0.2) is 0 Å². The fourth-order valence-electron chi connectivity index (χ4n) is 3.90. The number of aromatic nitrogens is 3. The molecule has 4 nitrogen and oxygen atoms in total. The smallest absolute Gasteiger partial charge is 0.146 e. The molecule has 0 aliphatic heterocycles. The molecule has 4 rings (SSSR count). The van der Waals surface area contributed by atoms with E-state index < -0.39 is 0 Å². The summed E-state index contributed by atoms with van der Waals surface area (Å²) < 4.78 is 2.25. The first-order valence-corrected chi connectivity index (χ1v) is 8.60. The minimum absolute atomic E-state index is 0.294. The van der Waals surface area contributed by atoms with Gasteiger partial charge in [-0.3, -0.25) is 0 Å². The molecule has 0 unspecified atom stereocenters. The molecule has 0 amide bonds. The highest BCUT2D eigenvalue weighted by molar-refractivity contribution is 6.09. The molecule has 0 radical (unpaired) electrons. The molecule has 2 aromatic carbocycles. The van der Waals surface area contributed by atoms with E-state index in [1.54, 1.807) is 6.33 Å². The maximum Gasteiger partial charge on any atom is 0.146 e. The molecule has 2 aromatic heterocycles. The molecule has 4 heteroatoms. The molecule has 2 heterocycles. The van der Waals surface area contributed by atoms with E-state index in [9.17, 15) is 0 Å². The van der Waals surface area contributed by atoms with Crippen molar-refractivity contribution in [3.63, 3.8) is 0 Å². The second-order valence-corrected chi connectivity index (χ2v) is 6.86. The Balaban J connectivity index is 2.20. The maximum absolute atomic E-state index is 6.29. The van der Waals surface area contributed by atoms with Crippen LogP contribution in [-0.2, 0) is 0 Å². The van der Waals surface area contributed by atoms with Crippen molar-refractivity contribution in [1.29, 1.82) is 0 Å². The van der Waals surface area contributed by atoms with Crippen LogP contribution in [0.5, 0.6) is 0 Å². The van der Waals surface area contributed by atoms with Gasteiger partial charge in [-0.2, -0.15) is 0 Å². The van der Waals surface area contributed by atoms with Crippen molar-refractivity contribution in [2.24, 2.45) is 0 Å². The van der Waals surface area contributed by atoms with E-state index in [1.165, 1.54) is 27.6 Å². The SMILES string of the molecule is Cc1ccc(-c2c(C)n(C(C)C)c3ncnc(N)c23)c2ccccc12. The van der Waals surface area contributed by atoms with Gasteiger partial charge in [-0.05, 0) is 49.6 Å². The lowest BCUT2D eigenvalue weighted by molar-refractivity contribution is 0.603. The van der Waals surface area contributed by atoms with Crippen molar-refractivity contribution in [3.05, 3.63) is 54.0 Å². The molecular weight excluding hydrogens is 308 g/mol. The minimum atomic E-state index is 0.294. The maximum atomic E-state index is 6.29. The number of benzene rings is 2. The lowest BCUT2D eigenvalue weighted by Crippen LogP contribution is -2.04. The van der Waals surface area contributed by atoms with Crippen LogP contribution in [0.2, 0.25) is 0 Å². The molecule has 0 bridgehead atoms. The van der Waals surface area contributed by atoms with Gasteiger partial charge in [-0.25, -0.2) is 9.97 Å². The first-order valence-electron chi connectivity index (χ1n) is 8.60. The van der Waals surface area contributed by atoms with Crippen molar-refractivity contribution in [3.8, 4) is 11.1 Å². The van der Waals surface area contributed by atoms with Crippen LogP contribution in [0.15, 0.2) is 42.7 Å². The van der Waals surface area contributed by atoms with Crippen molar-refractivity contribution in [1.82, 2.24) is 14.5 Å². The second-order valence-electron chi connectivity index (χ2n) is 6.86. The topological polar surface area (TPSA) is 56.7 Å². The highest BCUT2D eigenvalue weighted by Gasteiger charge is 2.22. The Morgan fingerprint density at radius 3 is 2.40 bits per heavy atom. The summed E-state index contributed by atoms with van der Waals surface area (Å²) in [5.41, 5.74) is 12.0. The molecule has 0 fully saturated rings. The summed E-state index contributed by atoms with van der Waals surface area (Å²) in [4.78, 5) is 8.80. The third-order valence-corrected chi connectivity index (χ3v) is 4.99. The van der Waals surface area contributed by atoms with E-state index in [-0.39, 0.29) is 0 Å². The lowest BCUT2D eigenvalue weighted by Gasteiger charge is -2.13. The normalized spacial score (nSPS) is 11.7. The average Bonchev–Trinajstić information content (AvgIpc) is 2.89. The quantitative estimate of drug-likeness (QED) is 0.561. The van der Waals surface area contributed by atoms with E-state index >= 15 is 0 Å². The summed E-state index contributed by atoms with van der Waals surface area (Å²) in [5, 5.41) is 3.44. The van der Waals surface area contributed by atoms with Gasteiger partial charge in [0.2, 0.25) is 0 Å². The van der Waals surface area contributed by atoms with Gasteiger partial charge in [0.05, 0.1) is 5.39 Å². The van der Waals surface area contributed by atoms with Crippen LogP contribution in [0.4, 0.5) is 5.82 Å². The molecule has 126 valence electrons. The van der Waals surface area contributed by atoms with Crippen molar-refractivity contribution < 1.29 is 0 Å². The van der Waals surface area contributed by atoms with E-state index in [4.69, 9.17) is 5.73 Å². The van der Waals surface area contributed by atoms with Crippen LogP contribution >= 0.6 is 0 Å². The number of fused-ring (bicyclic) bond motifs is 2. The van der Waals surface area contributed by atoms with E-state index in [1.807, 2.05) is 0 Å². The van der Waals surface area contributed by atoms with E-state index in [0.29, 0.717) is 11.9 Å². The van der Waals surface area contributed by atoms with Crippen LogP contribution in [0, 0.1) is 13.8 Å². The largest absolute Gasteiger partial charge is 0.383 e. The van der Waals surface area contributed by atoms with Crippen LogP contribution in [-0.4, -0.2) is 14.5 Å². The predicted molar refractivity (Wildman–Crippen MR) is 105 cm³/mol. The molecule has 4 aromatic rings. The molecule has 0 saturated heterocycles. The van der Waals surface area contributed by atoms with Gasteiger partial charge in [0.25, 0.3) is 0 Å². The van der Waals surface area contributed by atoms with E-state index in [2.05, 4.69) is 78.6 Å². The van der Waals surface area contributed by atoms with Gasteiger partial charge in [-0.1, -0.05) is 36.4 Å². The highest BCUT2D eigenvalue weighted by Crippen LogP contribution is 2.41. The average molecular weight is 330 g/mol. The molecule has 0 spiro atoms. The third-order valence-electron chi connectivity index (χ3n) is 4.99. The predicted octanol–water partition coefficient (Wildman–Crippen LogP) is 5.03. The first kappa shape index (κ1) is 15.6. The monoisotopic (exact) mass is 330 g/mol. The number of nitrogen functional groups attached to an aromatic ring is 1. The molecule has 25 heavy (non-hydrogen) atoms. The summed E-state index contributed by atoms with van der Waals surface area (Å²) >= 11 is 0. The van der Waals surface area contributed by atoms with Crippen LogP contribution in [0.3, 0.4) is 0 Å². The number of rotatable bonds is 2. The first-order chi connectivity index (χ1) is 12.0. The Bertz CT molecular complexity index is 1110. The van der Waals surface area contributed by atoms with Crippen molar-refractivity contribution >= 4 is 27.6 Å². The molecule has 0 aliphatic rings. The summed E-state index contributed by atoms with van der Waals surface area (Å²) in [6.45, 7) is 8.63. The highest BCUT2D eigenvalue weighted by atomic mass is 15.1. The number of anilines is 1. The van der Waals surface area contributed by atoms with Gasteiger partial charge >= 0.3 is 0 Å². The van der Waals surface area contributed by atoms with Gasteiger partial charge < -0.3 is 10.3 Å². The number of hydrogen-bond acceptors (Lipinski definition) is 3. The van der Waals surface area contributed by atoms with Gasteiger partial charge in [0, 0.05) is 17.3 Å². The summed E-state index contributed by atoms with van der Waals surface area (Å²) in [6, 6.07) is 13.2. The summed E-state index contributed by atoms with van der Waals surface area (Å²) in [5.74, 6) is 0.534. The molecular formula is C21H22N4. The van der Waals surface area contributed by atoms with Crippen LogP contribution in [0.25, 0.3) is 32.9 Å². The number of hydrogen-bond donors (Lipinski definition) is 1. The summed E-state index contributed by atoms with van der Waals surface area (Å²) in [7, 11) is 0. The van der Waals surface area contributed by atoms with Crippen LogP contribution in [0.1, 0.15) is 31.1 Å². The summed E-state index contributed by atoms with van der Waals surface area (Å²) in [6.07, 6.45) is 1.55. The lowest BCUT2D eigenvalue weighted by atomic mass is 9.94.